The van der Waals surface area contributed by atoms with E-state index >= 15 is 0 Å². The molecule has 3 aliphatic carbocycles. The smallest absolute Gasteiger partial charge is 0.334 e. The highest BCUT2D eigenvalue weighted by molar-refractivity contribution is 5.90. The van der Waals surface area contributed by atoms with Crippen molar-refractivity contribution in [1.82, 2.24) is 0 Å². The zero-order chi connectivity index (χ0) is 18.1. The predicted molar refractivity (Wildman–Crippen MR) is 90.6 cm³/mol. The van der Waals surface area contributed by atoms with Crippen molar-refractivity contribution in [1.29, 1.82) is 0 Å². The summed E-state index contributed by atoms with van der Waals surface area (Å²) in [5.74, 6) is -1.16. The van der Waals surface area contributed by atoms with Crippen LogP contribution in [0, 0.1) is 22.7 Å². The van der Waals surface area contributed by atoms with Crippen molar-refractivity contribution in [2.75, 3.05) is 0 Å². The van der Waals surface area contributed by atoms with E-state index in [1.54, 1.807) is 0 Å². The van der Waals surface area contributed by atoms with Gasteiger partial charge in [-0.3, -0.25) is 4.79 Å². The number of ether oxygens (including phenoxy) is 1. The lowest BCUT2D eigenvalue weighted by molar-refractivity contribution is -0.171. The van der Waals surface area contributed by atoms with E-state index in [0.29, 0.717) is 24.8 Å². The maximum Gasteiger partial charge on any atom is 0.334 e. The molecule has 1 aliphatic heterocycles. The highest BCUT2D eigenvalue weighted by atomic mass is 16.5. The second kappa shape index (κ2) is 5.19. The van der Waals surface area contributed by atoms with E-state index in [4.69, 9.17) is 4.74 Å². The van der Waals surface area contributed by atoms with Gasteiger partial charge in [-0.2, -0.15) is 0 Å². The van der Waals surface area contributed by atoms with Gasteiger partial charge in [-0.15, -0.1) is 0 Å². The molecule has 4 aliphatic rings. The number of esters is 1. The van der Waals surface area contributed by atoms with E-state index in [0.717, 1.165) is 24.8 Å². The lowest BCUT2D eigenvalue weighted by Crippen LogP contribution is -2.59. The molecule has 0 radical (unpaired) electrons. The molecule has 0 spiro atoms. The molecule has 2 bridgehead atoms. The molecule has 6 atom stereocenters. The van der Waals surface area contributed by atoms with E-state index < -0.39 is 22.9 Å². The summed E-state index contributed by atoms with van der Waals surface area (Å²) >= 11 is 0. The number of rotatable bonds is 1. The van der Waals surface area contributed by atoms with Crippen molar-refractivity contribution >= 4 is 11.9 Å². The molecule has 2 N–H and O–H groups in total. The van der Waals surface area contributed by atoms with E-state index in [9.17, 15) is 19.8 Å². The number of allylic oxidation sites excluding steroid dienone is 1. The molecular weight excluding hydrogens is 320 g/mol. The molecule has 6 unspecified atom stereocenters. The van der Waals surface area contributed by atoms with Crippen LogP contribution >= 0.6 is 0 Å². The van der Waals surface area contributed by atoms with Gasteiger partial charge in [0.05, 0.1) is 11.5 Å². The number of carbonyl (C=O) groups is 2. The molecule has 1 saturated heterocycles. The first-order valence-electron chi connectivity index (χ1n) is 9.23. The molecule has 136 valence electrons. The van der Waals surface area contributed by atoms with Crippen LogP contribution in [0.4, 0.5) is 0 Å². The van der Waals surface area contributed by atoms with Crippen molar-refractivity contribution in [3.05, 3.63) is 23.3 Å². The number of aliphatic carboxylic acids is 1. The fourth-order valence-electron chi connectivity index (χ4n) is 6.17. The zero-order valence-corrected chi connectivity index (χ0v) is 14.9. The number of hydrogen-bond acceptors (Lipinski definition) is 4. The molecule has 1 saturated carbocycles. The number of carboxylic acid groups (broad SMARTS) is 1. The summed E-state index contributed by atoms with van der Waals surface area (Å²) in [6, 6.07) is 0. The van der Waals surface area contributed by atoms with E-state index in [1.165, 1.54) is 5.57 Å². The summed E-state index contributed by atoms with van der Waals surface area (Å²) in [5.41, 5.74) is 1.32. The van der Waals surface area contributed by atoms with Crippen LogP contribution in [0.1, 0.15) is 52.4 Å². The Hall–Kier alpha value is -1.62. The molecule has 0 aromatic carbocycles. The average Bonchev–Trinajstić information content (AvgIpc) is 2.56. The number of fused-ring (bicyclic) bond motifs is 5. The Morgan fingerprint density at radius 2 is 2.04 bits per heavy atom. The van der Waals surface area contributed by atoms with Gasteiger partial charge in [-0.05, 0) is 62.9 Å². The molecule has 2 fully saturated rings. The first-order chi connectivity index (χ1) is 11.7. The third-order valence-corrected chi connectivity index (χ3v) is 7.62. The quantitative estimate of drug-likeness (QED) is 0.433. The third kappa shape index (κ3) is 2.05. The van der Waals surface area contributed by atoms with Gasteiger partial charge in [0, 0.05) is 11.0 Å². The van der Waals surface area contributed by atoms with Gasteiger partial charge in [0.2, 0.25) is 0 Å². The Labute approximate surface area is 147 Å². The highest BCUT2D eigenvalue weighted by Crippen LogP contribution is 2.63. The van der Waals surface area contributed by atoms with Crippen LogP contribution in [-0.4, -0.2) is 34.4 Å². The number of aliphatic hydroxyl groups excluding tert-OH is 1. The minimum atomic E-state index is -0.856. The first-order valence-corrected chi connectivity index (χ1v) is 9.23. The normalized spacial score (nSPS) is 46.2. The lowest BCUT2D eigenvalue weighted by Gasteiger charge is -2.59. The van der Waals surface area contributed by atoms with Crippen molar-refractivity contribution in [2.24, 2.45) is 22.7 Å². The summed E-state index contributed by atoms with van der Waals surface area (Å²) in [6.45, 7) is 7.70. The Morgan fingerprint density at radius 3 is 2.72 bits per heavy atom. The van der Waals surface area contributed by atoms with Crippen LogP contribution in [0.3, 0.4) is 0 Å². The molecule has 0 aromatic rings. The van der Waals surface area contributed by atoms with Gasteiger partial charge in [-0.1, -0.05) is 19.1 Å². The molecule has 4 rings (SSSR count). The van der Waals surface area contributed by atoms with Crippen LogP contribution in [0.25, 0.3) is 0 Å². The second-order valence-electron chi connectivity index (χ2n) is 8.72. The van der Waals surface area contributed by atoms with E-state index in [1.807, 2.05) is 13.8 Å². The molecule has 0 aromatic heterocycles. The van der Waals surface area contributed by atoms with Crippen molar-refractivity contribution in [3.63, 3.8) is 0 Å². The van der Waals surface area contributed by atoms with Gasteiger partial charge in [-0.25, -0.2) is 4.79 Å². The highest BCUT2D eigenvalue weighted by Gasteiger charge is 2.62. The van der Waals surface area contributed by atoms with Crippen LogP contribution in [0.2, 0.25) is 0 Å². The van der Waals surface area contributed by atoms with Gasteiger partial charge in [0.25, 0.3) is 0 Å². The maximum absolute atomic E-state index is 12.2. The van der Waals surface area contributed by atoms with E-state index in [-0.39, 0.29) is 23.9 Å². The third-order valence-electron chi connectivity index (χ3n) is 7.62. The average molecular weight is 346 g/mol. The van der Waals surface area contributed by atoms with Crippen molar-refractivity contribution in [2.45, 2.75) is 64.6 Å². The largest absolute Gasteiger partial charge is 0.481 e. The number of aliphatic hydroxyl groups is 1. The number of carbonyl (C=O) groups excluding carboxylic acids is 1. The summed E-state index contributed by atoms with van der Waals surface area (Å²) in [4.78, 5) is 24.2. The molecular formula is C20H26O5. The summed E-state index contributed by atoms with van der Waals surface area (Å²) in [5, 5.41) is 20.8. The minimum Gasteiger partial charge on any atom is -0.481 e. The Kier molecular flexibility index (Phi) is 3.50. The number of hydrogen-bond donors (Lipinski definition) is 2. The van der Waals surface area contributed by atoms with Crippen LogP contribution in [0.15, 0.2) is 23.3 Å². The van der Waals surface area contributed by atoms with Crippen molar-refractivity contribution < 1.29 is 24.5 Å². The lowest BCUT2D eigenvalue weighted by atomic mass is 9.46. The van der Waals surface area contributed by atoms with Gasteiger partial charge < -0.3 is 14.9 Å². The van der Waals surface area contributed by atoms with E-state index in [2.05, 4.69) is 6.58 Å². The molecule has 25 heavy (non-hydrogen) atoms. The second-order valence-corrected chi connectivity index (χ2v) is 8.72. The fraction of sp³-hybridized carbons (Fsp3) is 0.700. The first kappa shape index (κ1) is 16.8. The van der Waals surface area contributed by atoms with Gasteiger partial charge in [0.1, 0.15) is 6.10 Å². The predicted octanol–water partition coefficient (Wildman–Crippen LogP) is 2.84. The molecule has 1 heterocycles. The summed E-state index contributed by atoms with van der Waals surface area (Å²) in [6.07, 6.45) is 3.08. The minimum absolute atomic E-state index is 0.122. The Balaban J connectivity index is 1.84. The van der Waals surface area contributed by atoms with Crippen LogP contribution in [-0.2, 0) is 14.3 Å². The standard InChI is InChI=1S/C20H26O5/c1-10-12-8-11-4-5-14-19(2,18(23)24)7-6-15(21)20(14,3)16(11)13(9-12)25-17(10)22/h12-15,21H,1,4-9H2,2-3H3,(H,23,24). The monoisotopic (exact) mass is 346 g/mol. The summed E-state index contributed by atoms with van der Waals surface area (Å²) in [7, 11) is 0. The molecule has 0 amide bonds. The molecule has 5 heteroatoms. The maximum atomic E-state index is 12.2. The molecule has 5 nitrogen and oxygen atoms in total. The Morgan fingerprint density at radius 1 is 1.32 bits per heavy atom. The van der Waals surface area contributed by atoms with Gasteiger partial charge >= 0.3 is 11.9 Å². The SMILES string of the molecule is C=C1C(=O)OC2CC1CC1=C2C2(C)C(O)CCC(C)(C(=O)O)C2CC1. The van der Waals surface area contributed by atoms with Crippen LogP contribution in [0.5, 0.6) is 0 Å². The summed E-state index contributed by atoms with van der Waals surface area (Å²) < 4.78 is 5.68. The fourth-order valence-corrected chi connectivity index (χ4v) is 6.17. The van der Waals surface area contributed by atoms with Crippen LogP contribution < -0.4 is 0 Å². The number of carboxylic acids is 1. The zero-order valence-electron chi connectivity index (χ0n) is 14.9. The topological polar surface area (TPSA) is 83.8 Å². The van der Waals surface area contributed by atoms with Gasteiger partial charge in [0.15, 0.2) is 0 Å². The Bertz CT molecular complexity index is 707. The van der Waals surface area contributed by atoms with Crippen molar-refractivity contribution in [3.8, 4) is 0 Å².